The van der Waals surface area contributed by atoms with Crippen LogP contribution in [0.1, 0.15) is 0 Å². The number of nitrogens with one attached hydrogen (secondary N) is 1. The Morgan fingerprint density at radius 2 is 1.88 bits per heavy atom. The third kappa shape index (κ3) is 2.33. The summed E-state index contributed by atoms with van der Waals surface area (Å²) in [5, 5.41) is 6.26. The van der Waals surface area contributed by atoms with Crippen molar-refractivity contribution in [2.75, 3.05) is 0 Å². The zero-order valence-corrected chi connectivity index (χ0v) is 7.95. The lowest BCUT2D eigenvalue weighted by Gasteiger charge is -2.11. The normalized spacial score (nSPS) is 11.4. The number of H-pyrrole nitrogens is 1. The highest BCUT2D eigenvalue weighted by Gasteiger charge is 2.32. The van der Waals surface area contributed by atoms with Crippen molar-refractivity contribution in [2.45, 2.75) is 6.36 Å². The number of benzene rings is 1. The molecule has 2 aromatic rings. The van der Waals surface area contributed by atoms with Crippen LogP contribution in [0.25, 0.3) is 11.3 Å². The summed E-state index contributed by atoms with van der Waals surface area (Å²) in [6.45, 7) is 0. The second-order valence-corrected chi connectivity index (χ2v) is 3.01. The molecule has 0 spiro atoms. The van der Waals surface area contributed by atoms with Crippen LogP contribution in [0.5, 0.6) is 5.75 Å². The van der Waals surface area contributed by atoms with Crippen molar-refractivity contribution >= 4 is 0 Å². The lowest BCUT2D eigenvalue weighted by molar-refractivity contribution is -0.274. The Morgan fingerprint density at radius 1 is 1.12 bits per heavy atom. The van der Waals surface area contributed by atoms with Crippen LogP contribution < -0.4 is 4.74 Å². The van der Waals surface area contributed by atoms with Gasteiger partial charge in [-0.25, -0.2) is 0 Å². The van der Waals surface area contributed by atoms with E-state index >= 15 is 0 Å². The van der Waals surface area contributed by atoms with E-state index < -0.39 is 6.36 Å². The van der Waals surface area contributed by atoms with Crippen molar-refractivity contribution in [1.29, 1.82) is 0 Å². The average Bonchev–Trinajstić information content (AvgIpc) is 2.69. The van der Waals surface area contributed by atoms with Crippen LogP contribution in [0.15, 0.2) is 36.5 Å². The molecule has 3 nitrogen and oxygen atoms in total. The minimum absolute atomic E-state index is 0.251. The fourth-order valence-electron chi connectivity index (χ4n) is 1.31. The van der Waals surface area contributed by atoms with E-state index in [9.17, 15) is 13.2 Å². The van der Waals surface area contributed by atoms with Crippen LogP contribution >= 0.6 is 0 Å². The predicted octanol–water partition coefficient (Wildman–Crippen LogP) is 2.98. The third-order valence-corrected chi connectivity index (χ3v) is 1.90. The molecule has 0 bridgehead atoms. The maximum Gasteiger partial charge on any atom is 0.573 e. The molecule has 6 heteroatoms. The van der Waals surface area contributed by atoms with E-state index in [1.165, 1.54) is 24.4 Å². The lowest BCUT2D eigenvalue weighted by atomic mass is 10.1. The molecule has 0 aliphatic carbocycles. The standard InChI is InChI=1S/C10H7F3N2O/c11-10(12,13)16-9-4-2-1-3-7(9)8-5-6-14-15-8/h1-6H,(H,14,15). The quantitative estimate of drug-likeness (QED) is 0.857. The molecule has 0 saturated heterocycles. The molecule has 16 heavy (non-hydrogen) atoms. The largest absolute Gasteiger partial charge is 0.573 e. The van der Waals surface area contributed by atoms with E-state index in [4.69, 9.17) is 0 Å². The number of alkyl halides is 3. The Balaban J connectivity index is 2.39. The molecule has 1 aromatic heterocycles. The van der Waals surface area contributed by atoms with E-state index in [-0.39, 0.29) is 5.75 Å². The maximum atomic E-state index is 12.1. The van der Waals surface area contributed by atoms with Crippen molar-refractivity contribution < 1.29 is 17.9 Å². The molecule has 0 saturated carbocycles. The van der Waals surface area contributed by atoms with Crippen molar-refractivity contribution in [1.82, 2.24) is 10.2 Å². The summed E-state index contributed by atoms with van der Waals surface area (Å²) >= 11 is 0. The number of ether oxygens (including phenoxy) is 1. The van der Waals surface area contributed by atoms with E-state index in [0.717, 1.165) is 0 Å². The van der Waals surface area contributed by atoms with Crippen LogP contribution in [0.2, 0.25) is 0 Å². The molecule has 0 unspecified atom stereocenters. The van der Waals surface area contributed by atoms with Crippen LogP contribution in [0, 0.1) is 0 Å². The molecule has 84 valence electrons. The number of halogens is 3. The van der Waals surface area contributed by atoms with Gasteiger partial charge in [0.1, 0.15) is 5.75 Å². The first-order valence-electron chi connectivity index (χ1n) is 4.41. The van der Waals surface area contributed by atoms with Crippen molar-refractivity contribution in [3.05, 3.63) is 36.5 Å². The highest BCUT2D eigenvalue weighted by atomic mass is 19.4. The van der Waals surface area contributed by atoms with Crippen LogP contribution in [0.4, 0.5) is 13.2 Å². The Morgan fingerprint density at radius 3 is 2.50 bits per heavy atom. The Bertz CT molecular complexity index is 465. The van der Waals surface area contributed by atoms with Gasteiger partial charge >= 0.3 is 6.36 Å². The lowest BCUT2D eigenvalue weighted by Crippen LogP contribution is -2.17. The number of aromatic nitrogens is 2. The van der Waals surface area contributed by atoms with Crippen LogP contribution in [0.3, 0.4) is 0 Å². The van der Waals surface area contributed by atoms with Gasteiger partial charge in [0.05, 0.1) is 5.69 Å². The zero-order valence-electron chi connectivity index (χ0n) is 7.95. The summed E-state index contributed by atoms with van der Waals surface area (Å²) in [5.41, 5.74) is 0.789. The fourth-order valence-corrected chi connectivity index (χ4v) is 1.31. The van der Waals surface area contributed by atoms with Crippen LogP contribution in [-0.2, 0) is 0 Å². The fraction of sp³-hybridized carbons (Fsp3) is 0.100. The summed E-state index contributed by atoms with van der Waals surface area (Å²) in [5.74, 6) is -0.251. The van der Waals surface area contributed by atoms with Gasteiger partial charge in [-0.3, -0.25) is 5.10 Å². The minimum Gasteiger partial charge on any atom is -0.405 e. The highest BCUT2D eigenvalue weighted by Crippen LogP contribution is 2.32. The molecule has 2 rings (SSSR count). The number of para-hydroxylation sites is 1. The number of rotatable bonds is 2. The van der Waals surface area contributed by atoms with Gasteiger partial charge in [0.15, 0.2) is 0 Å². The second kappa shape index (κ2) is 3.88. The van der Waals surface area contributed by atoms with Gasteiger partial charge in [-0.15, -0.1) is 13.2 Å². The first kappa shape index (κ1) is 10.5. The van der Waals surface area contributed by atoms with Gasteiger partial charge < -0.3 is 4.74 Å². The molecule has 0 amide bonds. The smallest absolute Gasteiger partial charge is 0.405 e. The summed E-state index contributed by atoms with van der Waals surface area (Å²) < 4.78 is 40.3. The van der Waals surface area contributed by atoms with Gasteiger partial charge in [0.25, 0.3) is 0 Å². The Labute approximate surface area is 88.9 Å². The molecule has 0 aliphatic rings. The van der Waals surface area contributed by atoms with Crippen molar-refractivity contribution in [3.8, 4) is 17.0 Å². The first-order valence-corrected chi connectivity index (χ1v) is 4.41. The molecule has 0 aliphatic heterocycles. The molecule has 0 radical (unpaired) electrons. The van der Waals surface area contributed by atoms with Crippen molar-refractivity contribution in [2.24, 2.45) is 0 Å². The highest BCUT2D eigenvalue weighted by molar-refractivity contribution is 5.66. The third-order valence-electron chi connectivity index (χ3n) is 1.90. The SMILES string of the molecule is FC(F)(F)Oc1ccccc1-c1ccn[nH]1. The van der Waals surface area contributed by atoms with E-state index in [1.807, 2.05) is 0 Å². The van der Waals surface area contributed by atoms with Gasteiger partial charge in [-0.05, 0) is 18.2 Å². The summed E-state index contributed by atoms with van der Waals surface area (Å²) in [7, 11) is 0. The average molecular weight is 228 g/mol. The number of aromatic amines is 1. The van der Waals surface area contributed by atoms with Crippen molar-refractivity contribution in [3.63, 3.8) is 0 Å². The van der Waals surface area contributed by atoms with Crippen LogP contribution in [-0.4, -0.2) is 16.6 Å². The van der Waals surface area contributed by atoms with E-state index in [1.54, 1.807) is 12.1 Å². The summed E-state index contributed by atoms with van der Waals surface area (Å²) in [6, 6.07) is 7.44. The summed E-state index contributed by atoms with van der Waals surface area (Å²) in [4.78, 5) is 0. The first-order chi connectivity index (χ1) is 7.56. The zero-order chi connectivity index (χ0) is 11.6. The van der Waals surface area contributed by atoms with Gasteiger partial charge in [-0.1, -0.05) is 12.1 Å². The molecular weight excluding hydrogens is 221 g/mol. The number of nitrogens with zero attached hydrogens (tertiary/aromatic N) is 1. The van der Waals surface area contributed by atoms with E-state index in [0.29, 0.717) is 11.3 Å². The monoisotopic (exact) mass is 228 g/mol. The molecule has 1 aromatic carbocycles. The van der Waals surface area contributed by atoms with Gasteiger partial charge in [-0.2, -0.15) is 5.10 Å². The number of hydrogen-bond acceptors (Lipinski definition) is 2. The molecule has 1 N–H and O–H groups in total. The summed E-state index contributed by atoms with van der Waals surface area (Å²) in [6.07, 6.45) is -3.24. The van der Waals surface area contributed by atoms with Gasteiger partial charge in [0.2, 0.25) is 0 Å². The topological polar surface area (TPSA) is 37.9 Å². The Hall–Kier alpha value is -1.98. The predicted molar refractivity (Wildman–Crippen MR) is 50.7 cm³/mol. The minimum atomic E-state index is -4.70. The number of hydrogen-bond donors (Lipinski definition) is 1. The molecule has 0 fully saturated rings. The van der Waals surface area contributed by atoms with Gasteiger partial charge in [0, 0.05) is 11.8 Å². The Kier molecular flexibility index (Phi) is 2.55. The second-order valence-electron chi connectivity index (χ2n) is 3.01. The molecule has 0 atom stereocenters. The molecule has 1 heterocycles. The van der Waals surface area contributed by atoms with E-state index in [2.05, 4.69) is 14.9 Å². The maximum absolute atomic E-state index is 12.1. The molecular formula is C10H7F3N2O.